The van der Waals surface area contributed by atoms with E-state index in [0.717, 1.165) is 16.4 Å². The number of rotatable bonds is 5. The molecule has 0 amide bonds. The summed E-state index contributed by atoms with van der Waals surface area (Å²) in [7, 11) is 0. The van der Waals surface area contributed by atoms with Gasteiger partial charge in [0.1, 0.15) is 5.69 Å². The Bertz CT molecular complexity index is 417. The molecule has 0 atom stereocenters. The van der Waals surface area contributed by atoms with Gasteiger partial charge in [0.25, 0.3) is 5.69 Å². The highest BCUT2D eigenvalue weighted by Crippen LogP contribution is 2.30. The highest BCUT2D eigenvalue weighted by Gasteiger charge is 2.23. The van der Waals surface area contributed by atoms with E-state index in [-0.39, 0.29) is 16.1 Å². The Hall–Kier alpha value is -0.850. The number of anilines is 1. The number of nitrogens with one attached hydrogen (secondary N) is 1. The van der Waals surface area contributed by atoms with Gasteiger partial charge >= 0.3 is 0 Å². The Kier molecular flexibility index (Phi) is 4.73. The molecule has 1 aromatic rings. The molecule has 5 heteroatoms. The number of hydrogen-bond acceptors (Lipinski definition) is 3. The second kappa shape index (κ2) is 5.66. The van der Waals surface area contributed by atoms with Gasteiger partial charge in [-0.15, -0.1) is 0 Å². The van der Waals surface area contributed by atoms with Gasteiger partial charge in [0.2, 0.25) is 0 Å². The first kappa shape index (κ1) is 14.2. The molecule has 0 unspecified atom stereocenters. The number of halogens is 1. The minimum atomic E-state index is -0.337. The molecular formula is C12H17IN2O2. The van der Waals surface area contributed by atoms with E-state index in [2.05, 4.69) is 48.7 Å². The minimum absolute atomic E-state index is 0.0997. The van der Waals surface area contributed by atoms with Gasteiger partial charge in [0.15, 0.2) is 0 Å². The summed E-state index contributed by atoms with van der Waals surface area (Å²) in [6.07, 6.45) is 1.85. The standard InChI is InChI=1S/C12H17IN2O2/c1-4-12(3,5-2)14-10-7-6-9(13)8-11(10)15(16)17/h6-8,14H,4-5H2,1-3H3. The van der Waals surface area contributed by atoms with Crippen LogP contribution in [0.2, 0.25) is 0 Å². The van der Waals surface area contributed by atoms with E-state index in [0.29, 0.717) is 5.69 Å². The average Bonchev–Trinajstić information content (AvgIpc) is 2.31. The Morgan fingerprint density at radius 3 is 2.47 bits per heavy atom. The molecule has 0 radical (unpaired) electrons. The predicted molar refractivity (Wildman–Crippen MR) is 78.4 cm³/mol. The fourth-order valence-corrected chi connectivity index (χ4v) is 1.99. The van der Waals surface area contributed by atoms with Gasteiger partial charge in [-0.2, -0.15) is 0 Å². The maximum Gasteiger partial charge on any atom is 0.293 e. The van der Waals surface area contributed by atoms with Crippen LogP contribution in [0.1, 0.15) is 33.6 Å². The maximum absolute atomic E-state index is 11.0. The van der Waals surface area contributed by atoms with E-state index in [1.165, 1.54) is 0 Å². The molecular weight excluding hydrogens is 331 g/mol. The van der Waals surface area contributed by atoms with Crippen molar-refractivity contribution in [2.75, 3.05) is 5.32 Å². The van der Waals surface area contributed by atoms with Crippen LogP contribution < -0.4 is 5.32 Å². The number of benzene rings is 1. The smallest absolute Gasteiger partial charge is 0.293 e. The summed E-state index contributed by atoms with van der Waals surface area (Å²) >= 11 is 2.08. The summed E-state index contributed by atoms with van der Waals surface area (Å²) in [5, 5.41) is 14.3. The lowest BCUT2D eigenvalue weighted by Crippen LogP contribution is -2.33. The fourth-order valence-electron chi connectivity index (χ4n) is 1.51. The third kappa shape index (κ3) is 3.55. The number of nitro groups is 1. The summed E-state index contributed by atoms with van der Waals surface area (Å²) in [6, 6.07) is 5.25. The van der Waals surface area contributed by atoms with E-state index >= 15 is 0 Å². The Morgan fingerprint density at radius 1 is 1.41 bits per heavy atom. The number of nitro benzene ring substituents is 1. The van der Waals surface area contributed by atoms with Gasteiger partial charge in [-0.05, 0) is 54.5 Å². The van der Waals surface area contributed by atoms with Gasteiger partial charge in [-0.1, -0.05) is 13.8 Å². The van der Waals surface area contributed by atoms with Crippen LogP contribution in [-0.2, 0) is 0 Å². The first-order valence-electron chi connectivity index (χ1n) is 5.64. The molecule has 0 heterocycles. The monoisotopic (exact) mass is 348 g/mol. The van der Waals surface area contributed by atoms with Crippen molar-refractivity contribution >= 4 is 34.0 Å². The lowest BCUT2D eigenvalue weighted by atomic mass is 9.95. The van der Waals surface area contributed by atoms with Crippen molar-refractivity contribution in [1.29, 1.82) is 0 Å². The van der Waals surface area contributed by atoms with Crippen LogP contribution in [0.3, 0.4) is 0 Å². The molecule has 1 N–H and O–H groups in total. The Labute approximate surface area is 115 Å². The van der Waals surface area contributed by atoms with Crippen LogP contribution >= 0.6 is 22.6 Å². The van der Waals surface area contributed by atoms with Crippen LogP contribution in [0.25, 0.3) is 0 Å². The van der Waals surface area contributed by atoms with E-state index < -0.39 is 0 Å². The topological polar surface area (TPSA) is 55.2 Å². The summed E-state index contributed by atoms with van der Waals surface area (Å²) < 4.78 is 0.870. The average molecular weight is 348 g/mol. The molecule has 0 aliphatic rings. The van der Waals surface area contributed by atoms with Gasteiger partial charge in [0.05, 0.1) is 4.92 Å². The fraction of sp³-hybridized carbons (Fsp3) is 0.500. The third-order valence-corrected chi connectivity index (χ3v) is 3.82. The maximum atomic E-state index is 11.0. The largest absolute Gasteiger partial charge is 0.374 e. The zero-order valence-corrected chi connectivity index (χ0v) is 12.4. The first-order valence-corrected chi connectivity index (χ1v) is 6.72. The lowest BCUT2D eigenvalue weighted by Gasteiger charge is -2.29. The van der Waals surface area contributed by atoms with Gasteiger partial charge in [-0.3, -0.25) is 10.1 Å². The highest BCUT2D eigenvalue weighted by molar-refractivity contribution is 14.1. The summed E-state index contributed by atoms with van der Waals surface area (Å²) in [5.41, 5.74) is 0.643. The second-order valence-corrected chi connectivity index (χ2v) is 5.56. The normalized spacial score (nSPS) is 11.3. The van der Waals surface area contributed by atoms with Crippen molar-refractivity contribution < 1.29 is 4.92 Å². The van der Waals surface area contributed by atoms with Crippen molar-refractivity contribution in [3.63, 3.8) is 0 Å². The summed E-state index contributed by atoms with van der Waals surface area (Å²) in [6.45, 7) is 6.23. The van der Waals surface area contributed by atoms with Crippen molar-refractivity contribution in [3.05, 3.63) is 31.9 Å². The SMILES string of the molecule is CCC(C)(CC)Nc1ccc(I)cc1[N+](=O)[O-]. The van der Waals surface area contributed by atoms with E-state index in [1.54, 1.807) is 12.1 Å². The molecule has 0 aliphatic heterocycles. The van der Waals surface area contributed by atoms with E-state index in [9.17, 15) is 10.1 Å². The zero-order valence-electron chi connectivity index (χ0n) is 10.3. The lowest BCUT2D eigenvalue weighted by molar-refractivity contribution is -0.384. The second-order valence-electron chi connectivity index (χ2n) is 4.31. The van der Waals surface area contributed by atoms with Crippen LogP contribution in [0.4, 0.5) is 11.4 Å². The van der Waals surface area contributed by atoms with Gasteiger partial charge < -0.3 is 5.32 Å². The zero-order chi connectivity index (χ0) is 13.1. The number of nitrogens with zero attached hydrogens (tertiary/aromatic N) is 1. The first-order chi connectivity index (χ1) is 7.91. The Balaban J connectivity index is 3.10. The predicted octanol–water partition coefficient (Wildman–Crippen LogP) is 4.19. The Morgan fingerprint density at radius 2 is 2.00 bits per heavy atom. The molecule has 0 aliphatic carbocycles. The molecule has 17 heavy (non-hydrogen) atoms. The van der Waals surface area contributed by atoms with Crippen molar-refractivity contribution in [2.45, 2.75) is 39.2 Å². The van der Waals surface area contributed by atoms with Crippen molar-refractivity contribution in [2.24, 2.45) is 0 Å². The molecule has 0 spiro atoms. The van der Waals surface area contributed by atoms with Gasteiger partial charge in [0, 0.05) is 15.2 Å². The van der Waals surface area contributed by atoms with Crippen LogP contribution in [0, 0.1) is 13.7 Å². The molecule has 4 nitrogen and oxygen atoms in total. The van der Waals surface area contributed by atoms with E-state index in [1.807, 2.05) is 6.07 Å². The molecule has 1 aromatic carbocycles. The molecule has 0 aromatic heterocycles. The molecule has 1 rings (SSSR count). The summed E-state index contributed by atoms with van der Waals surface area (Å²) in [5.74, 6) is 0. The highest BCUT2D eigenvalue weighted by atomic mass is 127. The molecule has 0 bridgehead atoms. The van der Waals surface area contributed by atoms with Crippen LogP contribution in [-0.4, -0.2) is 10.5 Å². The molecule has 0 saturated heterocycles. The third-order valence-electron chi connectivity index (χ3n) is 3.15. The summed E-state index contributed by atoms with van der Waals surface area (Å²) in [4.78, 5) is 10.7. The van der Waals surface area contributed by atoms with Crippen LogP contribution in [0.15, 0.2) is 18.2 Å². The van der Waals surface area contributed by atoms with Crippen LogP contribution in [0.5, 0.6) is 0 Å². The molecule has 0 saturated carbocycles. The van der Waals surface area contributed by atoms with Crippen molar-refractivity contribution in [1.82, 2.24) is 0 Å². The molecule has 0 fully saturated rings. The van der Waals surface area contributed by atoms with Crippen molar-refractivity contribution in [3.8, 4) is 0 Å². The minimum Gasteiger partial charge on any atom is -0.374 e. The number of hydrogen-bond donors (Lipinski definition) is 1. The quantitative estimate of drug-likeness (QED) is 0.493. The van der Waals surface area contributed by atoms with Gasteiger partial charge in [-0.25, -0.2) is 0 Å². The van der Waals surface area contributed by atoms with E-state index in [4.69, 9.17) is 0 Å². The molecule has 94 valence electrons.